The smallest absolute Gasteiger partial charge is 0.217 e. The van der Waals surface area contributed by atoms with Gasteiger partial charge in [0.1, 0.15) is 67.1 Å². The van der Waals surface area contributed by atoms with Crippen molar-refractivity contribution in [2.45, 2.75) is 106 Å². The fourth-order valence-electron chi connectivity index (χ4n) is 4.40. The van der Waals surface area contributed by atoms with Gasteiger partial charge in [-0.15, -0.1) is 0 Å². The molecule has 15 atom stereocenters. The van der Waals surface area contributed by atoms with E-state index in [9.17, 15) is 50.8 Å². The van der Waals surface area contributed by atoms with E-state index in [2.05, 4.69) is 5.32 Å². The van der Waals surface area contributed by atoms with Crippen molar-refractivity contribution in [2.24, 2.45) is 0 Å². The van der Waals surface area contributed by atoms with Crippen LogP contribution in [0.4, 0.5) is 0 Å². The lowest BCUT2D eigenvalue weighted by atomic mass is 9.94. The lowest BCUT2D eigenvalue weighted by molar-refractivity contribution is -0.370. The van der Waals surface area contributed by atoms with Gasteiger partial charge in [-0.3, -0.25) is 4.79 Å². The molecule has 0 aromatic heterocycles. The van der Waals surface area contributed by atoms with E-state index in [1.165, 1.54) is 6.92 Å². The number of aliphatic hydroxyl groups is 9. The lowest BCUT2D eigenvalue weighted by Crippen LogP contribution is -2.69. The van der Waals surface area contributed by atoms with Gasteiger partial charge >= 0.3 is 0 Å². The molecule has 0 aromatic rings. The summed E-state index contributed by atoms with van der Waals surface area (Å²) in [6.07, 6.45) is -22.0. The predicted molar refractivity (Wildman–Crippen MR) is 111 cm³/mol. The Morgan fingerprint density at radius 3 is 1.81 bits per heavy atom. The largest absolute Gasteiger partial charge is 0.394 e. The lowest BCUT2D eigenvalue weighted by Gasteiger charge is -2.49. The molecule has 3 saturated heterocycles. The topological polar surface area (TPSA) is 257 Å². The highest BCUT2D eigenvalue weighted by molar-refractivity contribution is 5.73. The zero-order valence-corrected chi connectivity index (χ0v) is 19.5. The van der Waals surface area contributed by atoms with Gasteiger partial charge in [0.25, 0.3) is 0 Å². The summed E-state index contributed by atoms with van der Waals surface area (Å²) in [5.41, 5.74) is 0. The van der Waals surface area contributed by atoms with Gasteiger partial charge in [-0.25, -0.2) is 0 Å². The SMILES string of the molecule is CC(=O)NC1[C@H](O)O[C@H](CO)[C@@H](O[C@@H]2O[C@@H](C)[C@@H](O)[C@@H](O)[C@@H]2O)[C@@H]1O[C@@H]1O[C@H](CO)[C@H](O)[C@H](O)[C@H]1O. The van der Waals surface area contributed by atoms with Crippen molar-refractivity contribution in [1.29, 1.82) is 0 Å². The minimum atomic E-state index is -1.86. The Kier molecular flexibility index (Phi) is 9.97. The maximum atomic E-state index is 11.8. The molecule has 0 aliphatic carbocycles. The van der Waals surface area contributed by atoms with Crippen LogP contribution in [0, 0.1) is 0 Å². The van der Waals surface area contributed by atoms with Crippen LogP contribution in [0.1, 0.15) is 13.8 Å². The van der Waals surface area contributed by atoms with E-state index in [0.29, 0.717) is 0 Å². The molecule has 3 fully saturated rings. The van der Waals surface area contributed by atoms with Crippen molar-refractivity contribution in [2.75, 3.05) is 13.2 Å². The number of hydrogen-bond acceptors (Lipinski definition) is 15. The molecule has 16 nitrogen and oxygen atoms in total. The number of carbonyl (C=O) groups is 1. The molecule has 3 rings (SSSR count). The molecule has 0 saturated carbocycles. The summed E-state index contributed by atoms with van der Waals surface area (Å²) in [5, 5.41) is 93.2. The van der Waals surface area contributed by atoms with Gasteiger partial charge in [0.15, 0.2) is 18.9 Å². The second-order valence-electron chi connectivity index (χ2n) is 9.05. The average molecular weight is 529 g/mol. The van der Waals surface area contributed by atoms with Gasteiger partial charge in [-0.05, 0) is 6.92 Å². The van der Waals surface area contributed by atoms with Crippen LogP contribution in [0.5, 0.6) is 0 Å². The van der Waals surface area contributed by atoms with E-state index in [0.717, 1.165) is 6.92 Å². The average Bonchev–Trinajstić information content (AvgIpc) is 2.84. The summed E-state index contributed by atoms with van der Waals surface area (Å²) in [5.74, 6) is -0.646. The molecule has 3 aliphatic heterocycles. The van der Waals surface area contributed by atoms with Gasteiger partial charge in [0, 0.05) is 6.92 Å². The Bertz CT molecular complexity index is 729. The summed E-state index contributed by atoms with van der Waals surface area (Å²) in [7, 11) is 0. The molecule has 1 unspecified atom stereocenters. The molecule has 0 bridgehead atoms. The van der Waals surface area contributed by atoms with Crippen LogP contribution >= 0.6 is 0 Å². The predicted octanol–water partition coefficient (Wildman–Crippen LogP) is -6.40. The van der Waals surface area contributed by atoms with Crippen LogP contribution in [0.3, 0.4) is 0 Å². The maximum absolute atomic E-state index is 11.8. The second kappa shape index (κ2) is 12.2. The Morgan fingerprint density at radius 1 is 0.722 bits per heavy atom. The van der Waals surface area contributed by atoms with Crippen LogP contribution < -0.4 is 5.32 Å². The van der Waals surface area contributed by atoms with Gasteiger partial charge in [-0.2, -0.15) is 0 Å². The molecule has 10 N–H and O–H groups in total. The minimum Gasteiger partial charge on any atom is -0.394 e. The fourth-order valence-corrected chi connectivity index (χ4v) is 4.40. The van der Waals surface area contributed by atoms with Crippen LogP contribution in [0.15, 0.2) is 0 Å². The molecule has 3 aliphatic rings. The van der Waals surface area contributed by atoms with Crippen LogP contribution in [-0.2, 0) is 28.5 Å². The highest BCUT2D eigenvalue weighted by Gasteiger charge is 2.54. The number of ether oxygens (including phenoxy) is 5. The zero-order valence-electron chi connectivity index (χ0n) is 19.5. The monoisotopic (exact) mass is 529 g/mol. The second-order valence-corrected chi connectivity index (χ2v) is 9.05. The van der Waals surface area contributed by atoms with Gasteiger partial charge < -0.3 is 75.0 Å². The van der Waals surface area contributed by atoms with Crippen molar-refractivity contribution < 1.29 is 74.4 Å². The molecule has 0 radical (unpaired) electrons. The number of carbonyl (C=O) groups excluding carboxylic acids is 1. The number of rotatable bonds is 7. The first kappa shape index (κ1) is 29.5. The Hall–Kier alpha value is -1.09. The first-order valence-electron chi connectivity index (χ1n) is 11.4. The van der Waals surface area contributed by atoms with Crippen molar-refractivity contribution >= 4 is 5.91 Å². The van der Waals surface area contributed by atoms with Crippen LogP contribution in [0.25, 0.3) is 0 Å². The van der Waals surface area contributed by atoms with Gasteiger partial charge in [0.05, 0.1) is 19.3 Å². The standard InChI is InChI=1S/C20H35NO15/c1-5-10(25)12(27)14(29)19(32-5)35-16-8(4-23)33-18(31)9(21-6(2)24)17(16)36-20-15(30)13(28)11(26)7(3-22)34-20/h5,7-20,22-23,25-31H,3-4H2,1-2H3,(H,21,24)/t5-,7+,8+,9?,10+,11-,12+,13-,14-,15+,16+,17+,18+,19-,20-/m0/s1. The van der Waals surface area contributed by atoms with Gasteiger partial charge in [-0.1, -0.05) is 0 Å². The van der Waals surface area contributed by atoms with Crippen molar-refractivity contribution in [3.63, 3.8) is 0 Å². The molecule has 36 heavy (non-hydrogen) atoms. The third kappa shape index (κ3) is 5.97. The molecule has 210 valence electrons. The molecular weight excluding hydrogens is 494 g/mol. The maximum Gasteiger partial charge on any atom is 0.217 e. The number of aliphatic hydroxyl groups excluding tert-OH is 9. The van der Waals surface area contributed by atoms with Crippen LogP contribution in [-0.4, -0.2) is 157 Å². The molecule has 0 aromatic carbocycles. The molecular formula is C20H35NO15. The molecule has 3 heterocycles. The fraction of sp³-hybridized carbons (Fsp3) is 0.950. The normalized spacial score (nSPS) is 50.0. The summed E-state index contributed by atoms with van der Waals surface area (Å²) in [6.45, 7) is 1.00. The number of hydrogen-bond donors (Lipinski definition) is 10. The third-order valence-corrected chi connectivity index (χ3v) is 6.45. The van der Waals surface area contributed by atoms with Crippen molar-refractivity contribution in [3.05, 3.63) is 0 Å². The molecule has 0 spiro atoms. The summed E-state index contributed by atoms with van der Waals surface area (Å²) in [4.78, 5) is 11.8. The molecule has 1 amide bonds. The summed E-state index contributed by atoms with van der Waals surface area (Å²) < 4.78 is 27.7. The van der Waals surface area contributed by atoms with E-state index in [1.807, 2.05) is 0 Å². The van der Waals surface area contributed by atoms with E-state index in [1.54, 1.807) is 0 Å². The van der Waals surface area contributed by atoms with Crippen LogP contribution in [0.2, 0.25) is 0 Å². The van der Waals surface area contributed by atoms with E-state index < -0.39 is 111 Å². The van der Waals surface area contributed by atoms with E-state index in [4.69, 9.17) is 23.7 Å². The van der Waals surface area contributed by atoms with Crippen molar-refractivity contribution in [3.8, 4) is 0 Å². The first-order valence-corrected chi connectivity index (χ1v) is 11.4. The summed E-state index contributed by atoms with van der Waals surface area (Å²) >= 11 is 0. The highest BCUT2D eigenvalue weighted by Crippen LogP contribution is 2.32. The van der Waals surface area contributed by atoms with Crippen molar-refractivity contribution in [1.82, 2.24) is 5.32 Å². The highest BCUT2D eigenvalue weighted by atomic mass is 16.7. The number of nitrogens with one attached hydrogen (secondary N) is 1. The molecule has 16 heteroatoms. The van der Waals surface area contributed by atoms with E-state index in [-0.39, 0.29) is 0 Å². The first-order chi connectivity index (χ1) is 16.9. The zero-order chi connectivity index (χ0) is 26.9. The van der Waals surface area contributed by atoms with E-state index >= 15 is 0 Å². The minimum absolute atomic E-state index is 0.646. The Labute approximate surface area is 205 Å². The summed E-state index contributed by atoms with van der Waals surface area (Å²) in [6, 6.07) is -1.42. The number of amides is 1. The Morgan fingerprint density at radius 2 is 1.25 bits per heavy atom. The van der Waals surface area contributed by atoms with Gasteiger partial charge in [0.2, 0.25) is 5.91 Å². The quantitative estimate of drug-likeness (QED) is 0.147. The third-order valence-electron chi connectivity index (χ3n) is 6.45. The Balaban J connectivity index is 1.92.